The van der Waals surface area contributed by atoms with Crippen LogP contribution < -0.4 is 0 Å². The molecule has 0 N–H and O–H groups in total. The smallest absolute Gasteiger partial charge is 0.378 e. The topological polar surface area (TPSA) is 71.1 Å². The van der Waals surface area contributed by atoms with Gasteiger partial charge >= 0.3 is 17.7 Å². The van der Waals surface area contributed by atoms with Crippen molar-refractivity contribution in [2.75, 3.05) is 21.3 Å². The minimum Gasteiger partial charge on any atom is -0.387 e. The van der Waals surface area contributed by atoms with Gasteiger partial charge in [-0.25, -0.2) is 9.59 Å². The third-order valence-corrected chi connectivity index (χ3v) is 3.30. The van der Waals surface area contributed by atoms with Gasteiger partial charge in [-0.1, -0.05) is 12.5 Å². The Morgan fingerprint density at radius 1 is 1.12 bits per heavy atom. The molecule has 1 unspecified atom stereocenters. The van der Waals surface area contributed by atoms with Crippen molar-refractivity contribution >= 4 is 22.2 Å². The molecule has 0 saturated carbocycles. The molecule has 1 rings (SSSR count). The van der Waals surface area contributed by atoms with Crippen LogP contribution in [0.15, 0.2) is 0 Å². The minimum atomic E-state index is -1.83. The van der Waals surface area contributed by atoms with Gasteiger partial charge in [0.25, 0.3) is 0 Å². The number of methoxy groups -OCH3 is 3. The Kier molecular flexibility index (Phi) is 4.42. The Morgan fingerprint density at radius 3 is 2.12 bits per heavy atom. The summed E-state index contributed by atoms with van der Waals surface area (Å²) in [4.78, 5) is 23.6. The summed E-state index contributed by atoms with van der Waals surface area (Å²) in [6.07, 6.45) is 0.848. The second-order valence-corrected chi connectivity index (χ2v) is 4.09. The van der Waals surface area contributed by atoms with Crippen LogP contribution in [0.25, 0.3) is 0 Å². The SMILES string of the molecule is COC1(CCC[Si])C(=O)OC(=O)C1(OC)OC. The predicted octanol–water partition coefficient (Wildman–Crippen LogP) is -0.189. The van der Waals surface area contributed by atoms with Crippen LogP contribution in [-0.4, -0.2) is 54.9 Å². The summed E-state index contributed by atoms with van der Waals surface area (Å²) in [7, 11) is 7.16. The van der Waals surface area contributed by atoms with E-state index in [4.69, 9.17) is 14.2 Å². The number of hydrogen-bond donors (Lipinski definition) is 0. The van der Waals surface area contributed by atoms with E-state index in [1.165, 1.54) is 21.3 Å². The van der Waals surface area contributed by atoms with Gasteiger partial charge in [0.05, 0.1) is 0 Å². The number of carbonyl (C=O) groups excluding carboxylic acids is 2. The van der Waals surface area contributed by atoms with Crippen molar-refractivity contribution in [3.05, 3.63) is 0 Å². The first-order chi connectivity index (χ1) is 8.04. The highest BCUT2D eigenvalue weighted by Gasteiger charge is 2.71. The average molecular weight is 259 g/mol. The normalized spacial score (nSPS) is 27.3. The summed E-state index contributed by atoms with van der Waals surface area (Å²) in [6, 6.07) is 0.649. The molecule has 1 aliphatic rings. The molecule has 1 saturated heterocycles. The van der Waals surface area contributed by atoms with Crippen molar-refractivity contribution in [3.63, 3.8) is 0 Å². The van der Waals surface area contributed by atoms with Crippen molar-refractivity contribution in [2.24, 2.45) is 0 Å². The van der Waals surface area contributed by atoms with E-state index < -0.39 is 23.3 Å². The summed E-state index contributed by atoms with van der Waals surface area (Å²) < 4.78 is 20.0. The maximum Gasteiger partial charge on any atom is 0.378 e. The Labute approximate surface area is 103 Å². The number of carbonyl (C=O) groups is 2. The van der Waals surface area contributed by atoms with Gasteiger partial charge in [0.1, 0.15) is 0 Å². The van der Waals surface area contributed by atoms with Crippen LogP contribution >= 0.6 is 0 Å². The maximum atomic E-state index is 11.8. The predicted molar refractivity (Wildman–Crippen MR) is 57.4 cm³/mol. The molecule has 0 amide bonds. The summed E-state index contributed by atoms with van der Waals surface area (Å²) in [5.41, 5.74) is -1.56. The highest BCUT2D eigenvalue weighted by Crippen LogP contribution is 2.41. The lowest BCUT2D eigenvalue weighted by molar-refractivity contribution is -0.272. The number of cyclic esters (lactones) is 2. The summed E-state index contributed by atoms with van der Waals surface area (Å²) in [5, 5.41) is 0. The molecular weight excluding hydrogens is 244 g/mol. The van der Waals surface area contributed by atoms with Crippen molar-refractivity contribution in [2.45, 2.75) is 30.3 Å². The lowest BCUT2D eigenvalue weighted by Gasteiger charge is -2.35. The maximum absolute atomic E-state index is 11.8. The van der Waals surface area contributed by atoms with Crippen LogP contribution in [0.1, 0.15) is 12.8 Å². The molecule has 0 aliphatic carbocycles. The molecule has 0 bridgehead atoms. The summed E-state index contributed by atoms with van der Waals surface area (Å²) in [5.74, 6) is -3.50. The first-order valence-electron chi connectivity index (χ1n) is 5.11. The van der Waals surface area contributed by atoms with Crippen molar-refractivity contribution in [3.8, 4) is 0 Å². The monoisotopic (exact) mass is 259 g/mol. The molecule has 0 aromatic heterocycles. The first kappa shape index (κ1) is 14.3. The molecule has 1 atom stereocenters. The highest BCUT2D eigenvalue weighted by atomic mass is 28.1. The molecule has 0 aromatic carbocycles. The van der Waals surface area contributed by atoms with Gasteiger partial charge in [0, 0.05) is 31.6 Å². The molecule has 95 valence electrons. The minimum absolute atomic E-state index is 0.249. The molecular formula is C10H15O6Si. The molecule has 0 aromatic rings. The molecule has 17 heavy (non-hydrogen) atoms. The van der Waals surface area contributed by atoms with E-state index >= 15 is 0 Å². The Bertz CT molecular complexity index is 314. The second-order valence-electron chi connectivity index (χ2n) is 3.59. The van der Waals surface area contributed by atoms with Gasteiger partial charge in [0.2, 0.25) is 5.60 Å². The van der Waals surface area contributed by atoms with Crippen LogP contribution in [-0.2, 0) is 28.5 Å². The Morgan fingerprint density at radius 2 is 1.71 bits per heavy atom. The van der Waals surface area contributed by atoms with Gasteiger partial charge in [-0.15, -0.1) is 0 Å². The van der Waals surface area contributed by atoms with E-state index in [-0.39, 0.29) is 6.42 Å². The number of rotatable bonds is 6. The third kappa shape index (κ3) is 1.83. The number of esters is 2. The van der Waals surface area contributed by atoms with Crippen LogP contribution in [0.2, 0.25) is 6.04 Å². The van der Waals surface area contributed by atoms with E-state index in [0.29, 0.717) is 12.5 Å². The van der Waals surface area contributed by atoms with Gasteiger partial charge in [0.15, 0.2) is 0 Å². The molecule has 6 nitrogen and oxygen atoms in total. The van der Waals surface area contributed by atoms with Crippen molar-refractivity contribution in [1.82, 2.24) is 0 Å². The zero-order valence-corrected chi connectivity index (χ0v) is 11.1. The van der Waals surface area contributed by atoms with Crippen molar-refractivity contribution < 1.29 is 28.5 Å². The Hall–Kier alpha value is -0.763. The average Bonchev–Trinajstić information content (AvgIpc) is 2.55. The van der Waals surface area contributed by atoms with E-state index in [0.717, 1.165) is 0 Å². The largest absolute Gasteiger partial charge is 0.387 e. The lowest BCUT2D eigenvalue weighted by atomic mass is 9.89. The third-order valence-electron chi connectivity index (χ3n) is 2.94. The van der Waals surface area contributed by atoms with E-state index in [2.05, 4.69) is 15.0 Å². The standard InChI is InChI=1S/C10H15O6Si/c1-13-9(5-4-6-17)7(11)16-8(12)10(9,14-2)15-3/h4-6H2,1-3H3. The molecule has 1 fully saturated rings. The van der Waals surface area contributed by atoms with E-state index in [1.807, 2.05) is 0 Å². The van der Waals surface area contributed by atoms with Crippen LogP contribution in [0.5, 0.6) is 0 Å². The van der Waals surface area contributed by atoms with E-state index in [1.54, 1.807) is 0 Å². The van der Waals surface area contributed by atoms with E-state index in [9.17, 15) is 9.59 Å². The fourth-order valence-electron chi connectivity index (χ4n) is 2.04. The fourth-order valence-corrected chi connectivity index (χ4v) is 2.21. The lowest BCUT2D eigenvalue weighted by Crippen LogP contribution is -2.60. The zero-order valence-electron chi connectivity index (χ0n) is 10.1. The molecule has 1 aliphatic heterocycles. The summed E-state index contributed by atoms with van der Waals surface area (Å²) in [6.45, 7) is 0. The second kappa shape index (κ2) is 5.26. The van der Waals surface area contributed by atoms with Crippen molar-refractivity contribution in [1.29, 1.82) is 0 Å². The summed E-state index contributed by atoms with van der Waals surface area (Å²) >= 11 is 0. The number of hydrogen-bond acceptors (Lipinski definition) is 6. The number of ether oxygens (including phenoxy) is 4. The van der Waals surface area contributed by atoms with Gasteiger partial charge in [-0.05, 0) is 6.42 Å². The fraction of sp³-hybridized carbons (Fsp3) is 0.800. The highest BCUT2D eigenvalue weighted by molar-refractivity contribution is 6.08. The molecule has 7 heteroatoms. The molecule has 0 spiro atoms. The molecule has 1 heterocycles. The van der Waals surface area contributed by atoms with Crippen LogP contribution in [0.4, 0.5) is 0 Å². The quantitative estimate of drug-likeness (QED) is 0.285. The van der Waals surface area contributed by atoms with Gasteiger partial charge in [-0.3, -0.25) is 0 Å². The van der Waals surface area contributed by atoms with Gasteiger partial charge in [-0.2, -0.15) is 0 Å². The first-order valence-corrected chi connectivity index (χ1v) is 5.82. The molecule has 3 radical (unpaired) electrons. The van der Waals surface area contributed by atoms with Crippen LogP contribution in [0, 0.1) is 0 Å². The zero-order chi connectivity index (χ0) is 13.1. The van der Waals surface area contributed by atoms with Crippen LogP contribution in [0.3, 0.4) is 0 Å². The van der Waals surface area contributed by atoms with Gasteiger partial charge < -0.3 is 18.9 Å². The Balaban J connectivity index is 3.21.